The van der Waals surface area contributed by atoms with Crippen LogP contribution in [-0.2, 0) is 10.0 Å². The number of aliphatic hydroxyl groups is 1. The Morgan fingerprint density at radius 2 is 2.05 bits per heavy atom. The molecule has 102 valence electrons. The Labute approximate surface area is 111 Å². The highest BCUT2D eigenvalue weighted by atomic mass is 32.2. The molecule has 2 rings (SSSR count). The maximum Gasteiger partial charge on any atom is 0.244 e. The number of hydrogen-bond acceptors (Lipinski definition) is 4. The Kier molecular flexibility index (Phi) is 3.98. The third-order valence-corrected chi connectivity index (χ3v) is 4.26. The zero-order chi connectivity index (χ0) is 13.9. The van der Waals surface area contributed by atoms with Crippen LogP contribution in [0.2, 0.25) is 0 Å². The zero-order valence-corrected chi connectivity index (χ0v) is 11.2. The first-order chi connectivity index (χ1) is 9.00. The number of aromatic nitrogens is 2. The van der Waals surface area contributed by atoms with E-state index in [0.29, 0.717) is 11.3 Å². The molecule has 1 aromatic carbocycles. The molecular weight excluding hydrogens is 266 g/mol. The number of aryl methyl sites for hydroxylation is 1. The minimum Gasteiger partial charge on any atom is -0.387 e. The first kappa shape index (κ1) is 13.7. The molecule has 2 aromatic rings. The van der Waals surface area contributed by atoms with Crippen LogP contribution in [0.5, 0.6) is 0 Å². The Balaban J connectivity index is 2.05. The average Bonchev–Trinajstić information content (AvgIpc) is 2.84. The van der Waals surface area contributed by atoms with Crippen LogP contribution in [0.25, 0.3) is 0 Å². The molecule has 1 heterocycles. The van der Waals surface area contributed by atoms with Crippen LogP contribution in [0.1, 0.15) is 17.4 Å². The molecule has 0 spiro atoms. The Bertz CT molecular complexity index is 637. The molecule has 0 bridgehead atoms. The van der Waals surface area contributed by atoms with Crippen LogP contribution >= 0.6 is 0 Å². The largest absolute Gasteiger partial charge is 0.387 e. The molecule has 3 N–H and O–H groups in total. The molecular formula is C12H15N3O3S. The average molecular weight is 281 g/mol. The second-order valence-electron chi connectivity index (χ2n) is 4.14. The van der Waals surface area contributed by atoms with E-state index in [1.807, 2.05) is 6.07 Å². The number of hydrogen-bond donors (Lipinski definition) is 3. The Hall–Kier alpha value is -1.70. The predicted molar refractivity (Wildman–Crippen MR) is 69.9 cm³/mol. The number of aliphatic hydroxyl groups excluding tert-OH is 1. The summed E-state index contributed by atoms with van der Waals surface area (Å²) in [7, 11) is -3.65. The summed E-state index contributed by atoms with van der Waals surface area (Å²) in [6.07, 6.45) is 0.357. The van der Waals surface area contributed by atoms with E-state index in [-0.39, 0.29) is 11.4 Å². The molecule has 1 aromatic heterocycles. The third kappa shape index (κ3) is 3.19. The molecule has 1 atom stereocenters. The molecule has 0 saturated carbocycles. The topological polar surface area (TPSA) is 95.1 Å². The van der Waals surface area contributed by atoms with Gasteiger partial charge in [0.15, 0.2) is 0 Å². The number of nitrogens with one attached hydrogen (secondary N) is 2. The standard InChI is InChI=1S/C12H15N3O3S/c1-9-12(8-13-15-9)19(17,18)14-7-11(16)10-5-3-2-4-6-10/h2-6,8,11,14,16H,7H2,1H3,(H,13,15). The first-order valence-electron chi connectivity index (χ1n) is 5.73. The van der Waals surface area contributed by atoms with Gasteiger partial charge in [0.2, 0.25) is 10.0 Å². The van der Waals surface area contributed by atoms with Crippen molar-refractivity contribution in [2.75, 3.05) is 6.54 Å². The van der Waals surface area contributed by atoms with Crippen LogP contribution in [-0.4, -0.2) is 30.3 Å². The normalized spacial score (nSPS) is 13.4. The molecule has 7 heteroatoms. The lowest BCUT2D eigenvalue weighted by molar-refractivity contribution is 0.182. The number of aromatic amines is 1. The van der Waals surface area contributed by atoms with Gasteiger partial charge >= 0.3 is 0 Å². The Morgan fingerprint density at radius 3 is 2.63 bits per heavy atom. The van der Waals surface area contributed by atoms with Crippen molar-refractivity contribution in [3.63, 3.8) is 0 Å². The van der Waals surface area contributed by atoms with Crippen LogP contribution in [0, 0.1) is 6.92 Å². The van der Waals surface area contributed by atoms with Gasteiger partial charge < -0.3 is 5.11 Å². The van der Waals surface area contributed by atoms with E-state index >= 15 is 0 Å². The van der Waals surface area contributed by atoms with E-state index in [9.17, 15) is 13.5 Å². The van der Waals surface area contributed by atoms with Crippen molar-refractivity contribution in [1.29, 1.82) is 0 Å². The summed E-state index contributed by atoms with van der Waals surface area (Å²) in [5.74, 6) is 0. The SMILES string of the molecule is Cc1[nH]ncc1S(=O)(=O)NCC(O)c1ccccc1. The van der Waals surface area contributed by atoms with Gasteiger partial charge in [-0.2, -0.15) is 5.10 Å². The van der Waals surface area contributed by atoms with E-state index in [0.717, 1.165) is 0 Å². The van der Waals surface area contributed by atoms with Gasteiger partial charge in [0.25, 0.3) is 0 Å². The fraction of sp³-hybridized carbons (Fsp3) is 0.250. The van der Waals surface area contributed by atoms with Crippen molar-refractivity contribution < 1.29 is 13.5 Å². The summed E-state index contributed by atoms with van der Waals surface area (Å²) in [6, 6.07) is 8.87. The van der Waals surface area contributed by atoms with Gasteiger partial charge in [-0.25, -0.2) is 13.1 Å². The molecule has 0 saturated heterocycles. The van der Waals surface area contributed by atoms with Crippen LogP contribution in [0.3, 0.4) is 0 Å². The zero-order valence-electron chi connectivity index (χ0n) is 10.4. The molecule has 0 aliphatic rings. The van der Waals surface area contributed by atoms with Crippen molar-refractivity contribution in [2.24, 2.45) is 0 Å². The third-order valence-electron chi connectivity index (χ3n) is 2.72. The summed E-state index contributed by atoms with van der Waals surface area (Å²) < 4.78 is 26.3. The fourth-order valence-electron chi connectivity index (χ4n) is 1.67. The minimum absolute atomic E-state index is 0.0863. The molecule has 19 heavy (non-hydrogen) atoms. The predicted octanol–water partition coefficient (Wildman–Crippen LogP) is 0.730. The van der Waals surface area contributed by atoms with Crippen molar-refractivity contribution in [3.05, 3.63) is 47.8 Å². The van der Waals surface area contributed by atoms with Crippen LogP contribution < -0.4 is 4.72 Å². The minimum atomic E-state index is -3.65. The lowest BCUT2D eigenvalue weighted by Gasteiger charge is -2.12. The second kappa shape index (κ2) is 5.52. The van der Waals surface area contributed by atoms with Gasteiger partial charge in [-0.1, -0.05) is 30.3 Å². The Morgan fingerprint density at radius 1 is 1.37 bits per heavy atom. The summed E-state index contributed by atoms with van der Waals surface area (Å²) in [5, 5.41) is 16.1. The summed E-state index contributed by atoms with van der Waals surface area (Å²) in [5.41, 5.74) is 1.12. The molecule has 1 unspecified atom stereocenters. The summed E-state index contributed by atoms with van der Waals surface area (Å²) in [6.45, 7) is 1.53. The van der Waals surface area contributed by atoms with Crippen LogP contribution in [0.15, 0.2) is 41.4 Å². The highest BCUT2D eigenvalue weighted by Crippen LogP contribution is 2.14. The maximum absolute atomic E-state index is 12.0. The van der Waals surface area contributed by atoms with Gasteiger partial charge in [-0.3, -0.25) is 5.10 Å². The lowest BCUT2D eigenvalue weighted by Crippen LogP contribution is -2.28. The van der Waals surface area contributed by atoms with Crippen LogP contribution in [0.4, 0.5) is 0 Å². The van der Waals surface area contributed by atoms with Crippen molar-refractivity contribution >= 4 is 10.0 Å². The van der Waals surface area contributed by atoms with Crippen molar-refractivity contribution in [1.82, 2.24) is 14.9 Å². The summed E-state index contributed by atoms with van der Waals surface area (Å²) >= 11 is 0. The van der Waals surface area contributed by atoms with Crippen molar-refractivity contribution in [2.45, 2.75) is 17.9 Å². The molecule has 0 amide bonds. The van der Waals surface area contributed by atoms with Gasteiger partial charge in [0.05, 0.1) is 18.0 Å². The molecule has 0 radical (unpaired) electrons. The quantitative estimate of drug-likeness (QED) is 0.753. The highest BCUT2D eigenvalue weighted by molar-refractivity contribution is 7.89. The molecule has 0 aliphatic heterocycles. The maximum atomic E-state index is 12.0. The highest BCUT2D eigenvalue weighted by Gasteiger charge is 2.19. The van der Waals surface area contributed by atoms with E-state index in [1.165, 1.54) is 6.20 Å². The van der Waals surface area contributed by atoms with Gasteiger partial charge in [0.1, 0.15) is 4.90 Å². The smallest absolute Gasteiger partial charge is 0.244 e. The van der Waals surface area contributed by atoms with Crippen molar-refractivity contribution in [3.8, 4) is 0 Å². The lowest BCUT2D eigenvalue weighted by atomic mass is 10.1. The van der Waals surface area contributed by atoms with E-state index in [4.69, 9.17) is 0 Å². The van der Waals surface area contributed by atoms with E-state index in [1.54, 1.807) is 31.2 Å². The molecule has 0 fully saturated rings. The summed E-state index contributed by atoms with van der Waals surface area (Å²) in [4.78, 5) is 0.0905. The number of benzene rings is 1. The second-order valence-corrected chi connectivity index (χ2v) is 5.87. The number of nitrogens with zero attached hydrogens (tertiary/aromatic N) is 1. The molecule has 0 aliphatic carbocycles. The van der Waals surface area contributed by atoms with E-state index in [2.05, 4.69) is 14.9 Å². The number of H-pyrrole nitrogens is 1. The van der Waals surface area contributed by atoms with Gasteiger partial charge in [-0.05, 0) is 12.5 Å². The van der Waals surface area contributed by atoms with E-state index < -0.39 is 16.1 Å². The number of sulfonamides is 1. The molecule has 6 nitrogen and oxygen atoms in total. The number of rotatable bonds is 5. The fourth-order valence-corrected chi connectivity index (χ4v) is 2.84. The van der Waals surface area contributed by atoms with Gasteiger partial charge in [-0.15, -0.1) is 0 Å². The monoisotopic (exact) mass is 281 g/mol. The van der Waals surface area contributed by atoms with Gasteiger partial charge in [0, 0.05) is 6.54 Å². The first-order valence-corrected chi connectivity index (χ1v) is 7.21.